The predicted molar refractivity (Wildman–Crippen MR) is 113 cm³/mol. The van der Waals surface area contributed by atoms with E-state index in [1.54, 1.807) is 0 Å². The molecule has 0 spiro atoms. The molecule has 0 aromatic heterocycles. The van der Waals surface area contributed by atoms with E-state index in [4.69, 9.17) is 4.74 Å². The molecule has 3 unspecified atom stereocenters. The van der Waals surface area contributed by atoms with Crippen LogP contribution in [-0.2, 0) is 4.74 Å². The Morgan fingerprint density at radius 1 is 1.22 bits per heavy atom. The van der Waals surface area contributed by atoms with Gasteiger partial charge >= 0.3 is 0 Å². The van der Waals surface area contributed by atoms with E-state index in [9.17, 15) is 0 Å². The molecule has 3 atom stereocenters. The molecular formula is C22H32N4O. The highest BCUT2D eigenvalue weighted by molar-refractivity contribution is 5.84. The van der Waals surface area contributed by atoms with Crippen LogP contribution >= 0.6 is 0 Å². The van der Waals surface area contributed by atoms with Gasteiger partial charge in [0.2, 0.25) is 0 Å². The SMILES string of the molecule is CN=C(NCC(C)N1CCOCC1C)NC(C)c1ccc2ccccc2c1. The number of rotatable bonds is 5. The van der Waals surface area contributed by atoms with Gasteiger partial charge in [0.1, 0.15) is 0 Å². The molecule has 2 aromatic rings. The summed E-state index contributed by atoms with van der Waals surface area (Å²) >= 11 is 0. The second-order valence-electron chi connectivity index (χ2n) is 7.44. The fourth-order valence-electron chi connectivity index (χ4n) is 3.72. The van der Waals surface area contributed by atoms with Gasteiger partial charge in [0.05, 0.1) is 19.3 Å². The van der Waals surface area contributed by atoms with Crippen molar-refractivity contribution in [1.82, 2.24) is 15.5 Å². The Balaban J connectivity index is 1.57. The number of ether oxygens (including phenoxy) is 1. The first-order valence-corrected chi connectivity index (χ1v) is 9.88. The molecule has 0 saturated carbocycles. The van der Waals surface area contributed by atoms with E-state index in [2.05, 4.69) is 83.8 Å². The maximum atomic E-state index is 5.54. The van der Waals surface area contributed by atoms with Gasteiger partial charge in [0.15, 0.2) is 5.96 Å². The van der Waals surface area contributed by atoms with Crippen LogP contribution in [0.5, 0.6) is 0 Å². The van der Waals surface area contributed by atoms with Crippen LogP contribution in [0.25, 0.3) is 10.8 Å². The van der Waals surface area contributed by atoms with Crippen LogP contribution in [0.4, 0.5) is 0 Å². The second kappa shape index (κ2) is 9.20. The first kappa shape index (κ1) is 19.6. The molecule has 2 aromatic carbocycles. The highest BCUT2D eigenvalue weighted by atomic mass is 16.5. The van der Waals surface area contributed by atoms with Gasteiger partial charge in [-0.25, -0.2) is 0 Å². The van der Waals surface area contributed by atoms with Crippen molar-refractivity contribution in [2.45, 2.75) is 38.9 Å². The summed E-state index contributed by atoms with van der Waals surface area (Å²) in [7, 11) is 1.82. The summed E-state index contributed by atoms with van der Waals surface area (Å²) in [6.45, 7) is 10.1. The van der Waals surface area contributed by atoms with Crippen LogP contribution in [0.1, 0.15) is 32.4 Å². The zero-order chi connectivity index (χ0) is 19.2. The Morgan fingerprint density at radius 2 is 2.00 bits per heavy atom. The molecule has 1 heterocycles. The third-order valence-electron chi connectivity index (χ3n) is 5.40. The van der Waals surface area contributed by atoms with E-state index in [-0.39, 0.29) is 6.04 Å². The summed E-state index contributed by atoms with van der Waals surface area (Å²) in [5.41, 5.74) is 1.26. The van der Waals surface area contributed by atoms with Crippen LogP contribution in [0.2, 0.25) is 0 Å². The molecule has 1 aliphatic heterocycles. The van der Waals surface area contributed by atoms with Crippen molar-refractivity contribution in [1.29, 1.82) is 0 Å². The number of nitrogens with one attached hydrogen (secondary N) is 2. The number of aliphatic imine (C=N–C) groups is 1. The van der Waals surface area contributed by atoms with Gasteiger partial charge in [0, 0.05) is 32.2 Å². The number of guanidine groups is 1. The molecule has 1 saturated heterocycles. The lowest BCUT2D eigenvalue weighted by molar-refractivity contribution is -0.0174. The van der Waals surface area contributed by atoms with Crippen LogP contribution < -0.4 is 10.6 Å². The molecule has 27 heavy (non-hydrogen) atoms. The summed E-state index contributed by atoms with van der Waals surface area (Å²) in [6.07, 6.45) is 0. The quantitative estimate of drug-likeness (QED) is 0.629. The Morgan fingerprint density at radius 3 is 2.74 bits per heavy atom. The number of nitrogens with zero attached hydrogens (tertiary/aromatic N) is 2. The lowest BCUT2D eigenvalue weighted by Crippen LogP contribution is -2.53. The lowest BCUT2D eigenvalue weighted by atomic mass is 10.0. The molecule has 1 aliphatic rings. The van der Waals surface area contributed by atoms with Crippen molar-refractivity contribution in [2.75, 3.05) is 33.4 Å². The van der Waals surface area contributed by atoms with Gasteiger partial charge in [-0.15, -0.1) is 0 Å². The normalized spacial score (nSPS) is 21.0. The molecule has 5 heteroatoms. The average Bonchev–Trinajstić information content (AvgIpc) is 2.70. The molecule has 1 fully saturated rings. The number of fused-ring (bicyclic) bond motifs is 1. The summed E-state index contributed by atoms with van der Waals surface area (Å²) in [4.78, 5) is 6.90. The van der Waals surface area contributed by atoms with Gasteiger partial charge in [0.25, 0.3) is 0 Å². The molecule has 146 valence electrons. The lowest BCUT2D eigenvalue weighted by Gasteiger charge is -2.38. The molecule has 0 aliphatic carbocycles. The van der Waals surface area contributed by atoms with Crippen molar-refractivity contribution in [3.05, 3.63) is 48.0 Å². The summed E-state index contributed by atoms with van der Waals surface area (Å²) < 4.78 is 5.54. The van der Waals surface area contributed by atoms with Crippen molar-refractivity contribution < 1.29 is 4.74 Å². The molecule has 0 radical (unpaired) electrons. The van der Waals surface area contributed by atoms with E-state index >= 15 is 0 Å². The minimum atomic E-state index is 0.179. The Labute approximate surface area is 162 Å². The zero-order valence-corrected chi connectivity index (χ0v) is 16.9. The largest absolute Gasteiger partial charge is 0.379 e. The number of benzene rings is 2. The molecule has 0 amide bonds. The average molecular weight is 369 g/mol. The van der Waals surface area contributed by atoms with E-state index in [1.807, 2.05) is 7.05 Å². The number of hydrogen-bond donors (Lipinski definition) is 2. The Hall–Kier alpha value is -2.11. The van der Waals surface area contributed by atoms with Crippen molar-refractivity contribution in [3.63, 3.8) is 0 Å². The third kappa shape index (κ3) is 4.99. The van der Waals surface area contributed by atoms with Crippen molar-refractivity contribution in [2.24, 2.45) is 4.99 Å². The van der Waals surface area contributed by atoms with Crippen molar-refractivity contribution >= 4 is 16.7 Å². The minimum Gasteiger partial charge on any atom is -0.379 e. The fraction of sp³-hybridized carbons (Fsp3) is 0.500. The van der Waals surface area contributed by atoms with E-state index < -0.39 is 0 Å². The first-order chi connectivity index (χ1) is 13.1. The Kier molecular flexibility index (Phi) is 6.69. The van der Waals surface area contributed by atoms with Gasteiger partial charge < -0.3 is 15.4 Å². The second-order valence-corrected chi connectivity index (χ2v) is 7.44. The van der Waals surface area contributed by atoms with Gasteiger partial charge in [-0.1, -0.05) is 36.4 Å². The van der Waals surface area contributed by atoms with E-state index in [1.165, 1.54) is 16.3 Å². The molecule has 2 N–H and O–H groups in total. The molecule has 5 nitrogen and oxygen atoms in total. The minimum absolute atomic E-state index is 0.179. The highest BCUT2D eigenvalue weighted by Gasteiger charge is 2.23. The van der Waals surface area contributed by atoms with Crippen LogP contribution in [0.3, 0.4) is 0 Å². The van der Waals surface area contributed by atoms with Gasteiger partial charge in [-0.2, -0.15) is 0 Å². The fourth-order valence-corrected chi connectivity index (χ4v) is 3.72. The highest BCUT2D eigenvalue weighted by Crippen LogP contribution is 2.20. The van der Waals surface area contributed by atoms with Gasteiger partial charge in [-0.05, 0) is 43.2 Å². The van der Waals surface area contributed by atoms with Crippen LogP contribution in [0.15, 0.2) is 47.5 Å². The molecular weight excluding hydrogens is 336 g/mol. The molecule has 0 bridgehead atoms. The topological polar surface area (TPSA) is 48.9 Å². The van der Waals surface area contributed by atoms with E-state index in [0.29, 0.717) is 12.1 Å². The van der Waals surface area contributed by atoms with Gasteiger partial charge in [-0.3, -0.25) is 9.89 Å². The van der Waals surface area contributed by atoms with Crippen molar-refractivity contribution in [3.8, 4) is 0 Å². The number of morpholine rings is 1. The molecule has 3 rings (SSSR count). The monoisotopic (exact) mass is 368 g/mol. The number of hydrogen-bond acceptors (Lipinski definition) is 3. The third-order valence-corrected chi connectivity index (χ3v) is 5.40. The zero-order valence-electron chi connectivity index (χ0n) is 16.9. The standard InChI is InChI=1S/C22H32N4O/c1-16(26-11-12-27-15-17(26)2)14-24-22(23-4)25-18(3)20-10-9-19-7-5-6-8-21(19)13-20/h5-10,13,16-18H,11-12,14-15H2,1-4H3,(H2,23,24,25). The summed E-state index contributed by atoms with van der Waals surface area (Å²) in [5, 5.41) is 9.53. The maximum Gasteiger partial charge on any atom is 0.191 e. The maximum absolute atomic E-state index is 5.54. The van der Waals surface area contributed by atoms with Crippen LogP contribution in [0, 0.1) is 0 Å². The van der Waals surface area contributed by atoms with E-state index in [0.717, 1.165) is 32.3 Å². The predicted octanol–water partition coefficient (Wildman–Crippen LogP) is 3.18. The smallest absolute Gasteiger partial charge is 0.191 e. The van der Waals surface area contributed by atoms with Crippen LogP contribution in [-0.4, -0.2) is 56.3 Å². The summed E-state index contributed by atoms with van der Waals surface area (Å²) in [5.74, 6) is 0.837. The Bertz CT molecular complexity index is 776. The summed E-state index contributed by atoms with van der Waals surface area (Å²) in [6, 6.07) is 16.1. The first-order valence-electron chi connectivity index (χ1n) is 9.88.